The van der Waals surface area contributed by atoms with Gasteiger partial charge in [0.2, 0.25) is 0 Å². The number of hydrogen-bond donors (Lipinski definition) is 1. The van der Waals surface area contributed by atoms with Crippen LogP contribution in [0.5, 0.6) is 0 Å². The van der Waals surface area contributed by atoms with Crippen LogP contribution in [0.2, 0.25) is 0 Å². The first kappa shape index (κ1) is 16.2. The minimum Gasteiger partial charge on any atom is -0.465 e. The Morgan fingerprint density at radius 3 is 2.25 bits per heavy atom. The summed E-state index contributed by atoms with van der Waals surface area (Å²) in [5.41, 5.74) is 6.16. The lowest BCUT2D eigenvalue weighted by Crippen LogP contribution is -2.14. The molecule has 4 heteroatoms. The van der Waals surface area contributed by atoms with E-state index in [2.05, 4.69) is 10.5 Å². The molecule has 0 saturated heterocycles. The number of aliphatic hydroxyl groups excluding tert-OH is 1. The van der Waals surface area contributed by atoms with Crippen LogP contribution < -0.4 is 0 Å². The fraction of sp³-hybridized carbons (Fsp3) is 0.375. The van der Waals surface area contributed by atoms with Crippen molar-refractivity contribution in [2.75, 3.05) is 20.8 Å². The molecular weight excluding hydrogens is 256 g/mol. The van der Waals surface area contributed by atoms with Crippen LogP contribution in [-0.4, -0.2) is 38.0 Å². The van der Waals surface area contributed by atoms with Gasteiger partial charge in [0.25, 0.3) is 0 Å². The van der Waals surface area contributed by atoms with Gasteiger partial charge in [-0.15, -0.1) is 5.73 Å². The predicted octanol–water partition coefficient (Wildman–Crippen LogP) is 2.43. The van der Waals surface area contributed by atoms with E-state index in [-0.39, 0.29) is 12.6 Å². The van der Waals surface area contributed by atoms with E-state index in [4.69, 9.17) is 4.74 Å². The van der Waals surface area contributed by atoms with E-state index < -0.39 is 6.10 Å². The molecule has 0 heterocycles. The molecular formula is C16H20O4. The molecule has 0 fully saturated rings. The maximum Gasteiger partial charge on any atom is 0.337 e. The van der Waals surface area contributed by atoms with Crippen molar-refractivity contribution in [1.29, 1.82) is 0 Å². The Labute approximate surface area is 119 Å². The quantitative estimate of drug-likeness (QED) is 0.663. The number of esters is 1. The molecule has 0 aromatic heterocycles. The summed E-state index contributed by atoms with van der Waals surface area (Å²) >= 11 is 0. The molecule has 0 aliphatic rings. The Hall–Kier alpha value is -1.87. The van der Waals surface area contributed by atoms with Crippen LogP contribution in [0.1, 0.15) is 29.8 Å². The third-order valence-electron chi connectivity index (χ3n) is 2.95. The lowest BCUT2D eigenvalue weighted by Gasteiger charge is -2.08. The first-order valence-electron chi connectivity index (χ1n) is 6.29. The van der Waals surface area contributed by atoms with E-state index in [0.717, 1.165) is 11.1 Å². The van der Waals surface area contributed by atoms with Crippen molar-refractivity contribution in [2.24, 2.45) is 0 Å². The van der Waals surface area contributed by atoms with Gasteiger partial charge >= 0.3 is 5.97 Å². The maximum absolute atomic E-state index is 11.3. The van der Waals surface area contributed by atoms with Crippen molar-refractivity contribution >= 4 is 11.5 Å². The molecule has 0 amide bonds. The molecule has 0 aliphatic heterocycles. The Bertz CT molecular complexity index is 522. The number of ether oxygens (including phenoxy) is 2. The molecule has 0 bridgehead atoms. The SMILES string of the molecule is COC[C@H](O)C(C)=C=C(C)c1ccc(C(=O)OC)cc1. The van der Waals surface area contributed by atoms with E-state index in [0.29, 0.717) is 11.1 Å². The number of carbonyl (C=O) groups is 1. The molecule has 1 rings (SSSR count). The predicted molar refractivity (Wildman–Crippen MR) is 77.4 cm³/mol. The summed E-state index contributed by atoms with van der Waals surface area (Å²) in [7, 11) is 2.89. The third-order valence-corrected chi connectivity index (χ3v) is 2.95. The average molecular weight is 276 g/mol. The van der Waals surface area contributed by atoms with E-state index in [9.17, 15) is 9.90 Å². The second-order valence-corrected chi connectivity index (χ2v) is 4.47. The number of benzene rings is 1. The van der Waals surface area contributed by atoms with Crippen LogP contribution in [0.25, 0.3) is 5.57 Å². The smallest absolute Gasteiger partial charge is 0.337 e. The van der Waals surface area contributed by atoms with Gasteiger partial charge in [0.05, 0.1) is 19.3 Å². The van der Waals surface area contributed by atoms with E-state index in [1.807, 2.05) is 19.1 Å². The van der Waals surface area contributed by atoms with Gasteiger partial charge in [-0.2, -0.15) is 0 Å². The number of aliphatic hydroxyl groups is 1. The van der Waals surface area contributed by atoms with Crippen molar-refractivity contribution < 1.29 is 19.4 Å². The van der Waals surface area contributed by atoms with Crippen molar-refractivity contribution in [1.82, 2.24) is 0 Å². The zero-order valence-corrected chi connectivity index (χ0v) is 12.3. The molecule has 20 heavy (non-hydrogen) atoms. The second-order valence-electron chi connectivity index (χ2n) is 4.47. The molecule has 1 N–H and O–H groups in total. The topological polar surface area (TPSA) is 55.8 Å². The molecule has 0 unspecified atom stereocenters. The molecule has 0 spiro atoms. The van der Waals surface area contributed by atoms with E-state index in [1.165, 1.54) is 7.11 Å². The molecule has 4 nitrogen and oxygen atoms in total. The first-order chi connectivity index (χ1) is 9.49. The summed E-state index contributed by atoms with van der Waals surface area (Å²) in [5, 5.41) is 9.76. The van der Waals surface area contributed by atoms with Gasteiger partial charge in [0.15, 0.2) is 0 Å². The molecule has 1 aromatic carbocycles. The molecule has 0 saturated carbocycles. The Morgan fingerprint density at radius 1 is 1.20 bits per heavy atom. The van der Waals surface area contributed by atoms with Gasteiger partial charge in [-0.1, -0.05) is 12.1 Å². The molecule has 0 aliphatic carbocycles. The van der Waals surface area contributed by atoms with Gasteiger partial charge in [0.1, 0.15) is 6.10 Å². The van der Waals surface area contributed by atoms with Crippen molar-refractivity contribution in [2.45, 2.75) is 20.0 Å². The largest absolute Gasteiger partial charge is 0.465 e. The standard InChI is InChI=1S/C16H20O4/c1-11(9-12(2)15(17)10-19-3)13-5-7-14(8-6-13)16(18)20-4/h5-8,15,17H,10H2,1-4H3/t9?,15-/m0/s1. The monoisotopic (exact) mass is 276 g/mol. The second kappa shape index (κ2) is 7.65. The molecule has 108 valence electrons. The Balaban J connectivity index is 3.00. The van der Waals surface area contributed by atoms with Crippen LogP contribution in [0.3, 0.4) is 0 Å². The molecule has 1 atom stereocenters. The Kier molecular flexibility index (Phi) is 6.19. The zero-order chi connectivity index (χ0) is 15.1. The van der Waals surface area contributed by atoms with E-state index in [1.54, 1.807) is 26.2 Å². The lowest BCUT2D eigenvalue weighted by molar-refractivity contribution is 0.0600. The summed E-state index contributed by atoms with van der Waals surface area (Å²) in [6.45, 7) is 3.94. The zero-order valence-electron chi connectivity index (χ0n) is 12.3. The normalized spacial score (nSPS) is 11.4. The average Bonchev–Trinajstić information content (AvgIpc) is 2.46. The highest BCUT2D eigenvalue weighted by Crippen LogP contribution is 2.15. The summed E-state index contributed by atoms with van der Waals surface area (Å²) < 4.78 is 9.54. The fourth-order valence-electron chi connectivity index (χ4n) is 1.71. The van der Waals surface area contributed by atoms with Crippen LogP contribution in [0.15, 0.2) is 35.6 Å². The number of rotatable bonds is 5. The highest BCUT2D eigenvalue weighted by atomic mass is 16.5. The first-order valence-corrected chi connectivity index (χ1v) is 6.29. The maximum atomic E-state index is 11.3. The van der Waals surface area contributed by atoms with Gasteiger partial charge in [-0.05, 0) is 42.7 Å². The molecule has 1 aromatic rings. The minimum atomic E-state index is -0.663. The van der Waals surface area contributed by atoms with E-state index >= 15 is 0 Å². The summed E-state index contributed by atoms with van der Waals surface area (Å²) in [5.74, 6) is -0.361. The van der Waals surface area contributed by atoms with Gasteiger partial charge in [-0.25, -0.2) is 4.79 Å². The highest BCUT2D eigenvalue weighted by molar-refractivity contribution is 5.89. The molecule has 0 radical (unpaired) electrons. The highest BCUT2D eigenvalue weighted by Gasteiger charge is 2.07. The lowest BCUT2D eigenvalue weighted by atomic mass is 10.0. The van der Waals surface area contributed by atoms with Gasteiger partial charge in [0, 0.05) is 7.11 Å². The van der Waals surface area contributed by atoms with Crippen molar-refractivity contribution in [3.8, 4) is 0 Å². The minimum absolute atomic E-state index is 0.243. The van der Waals surface area contributed by atoms with Crippen LogP contribution in [0.4, 0.5) is 0 Å². The van der Waals surface area contributed by atoms with Crippen LogP contribution in [-0.2, 0) is 9.47 Å². The number of methoxy groups -OCH3 is 2. The summed E-state index contributed by atoms with van der Waals surface area (Å²) in [6, 6.07) is 7.05. The summed E-state index contributed by atoms with van der Waals surface area (Å²) in [4.78, 5) is 11.3. The van der Waals surface area contributed by atoms with Gasteiger partial charge < -0.3 is 14.6 Å². The van der Waals surface area contributed by atoms with Crippen LogP contribution >= 0.6 is 0 Å². The van der Waals surface area contributed by atoms with Crippen LogP contribution in [0, 0.1) is 0 Å². The number of hydrogen-bond acceptors (Lipinski definition) is 4. The van der Waals surface area contributed by atoms with Gasteiger partial charge in [-0.3, -0.25) is 0 Å². The van der Waals surface area contributed by atoms with Crippen molar-refractivity contribution in [3.05, 3.63) is 46.7 Å². The fourth-order valence-corrected chi connectivity index (χ4v) is 1.71. The third kappa shape index (κ3) is 4.35. The Morgan fingerprint density at radius 2 is 1.75 bits per heavy atom. The number of carbonyl (C=O) groups excluding carboxylic acids is 1. The van der Waals surface area contributed by atoms with Crippen molar-refractivity contribution in [3.63, 3.8) is 0 Å². The summed E-state index contributed by atoms with van der Waals surface area (Å²) in [6.07, 6.45) is -0.663.